The molecule has 5 rings (SSSR count). The monoisotopic (exact) mass is 526 g/mol. The van der Waals surface area contributed by atoms with Gasteiger partial charge in [-0.15, -0.1) is 0 Å². The molecule has 0 radical (unpaired) electrons. The van der Waals surface area contributed by atoms with E-state index in [0.717, 1.165) is 67.4 Å². The summed E-state index contributed by atoms with van der Waals surface area (Å²) in [6, 6.07) is 3.04. The fraction of sp³-hybridized carbons (Fsp3) is 0.735. The van der Waals surface area contributed by atoms with E-state index in [2.05, 4.69) is 40.7 Å². The molecule has 0 heterocycles. The van der Waals surface area contributed by atoms with E-state index in [4.69, 9.17) is 4.74 Å². The summed E-state index contributed by atoms with van der Waals surface area (Å²) >= 11 is 0. The Labute approximate surface area is 229 Å². The van der Waals surface area contributed by atoms with Crippen molar-refractivity contribution in [3.05, 3.63) is 47.0 Å². The van der Waals surface area contributed by atoms with Gasteiger partial charge in [-0.3, -0.25) is 0 Å². The molecule has 0 spiro atoms. The summed E-state index contributed by atoms with van der Waals surface area (Å²) < 4.78 is 33.2. The van der Waals surface area contributed by atoms with Crippen LogP contribution in [0.4, 0.5) is 8.78 Å². The molecule has 3 fully saturated rings. The highest BCUT2D eigenvalue weighted by Gasteiger charge is 2.59. The van der Waals surface area contributed by atoms with Crippen molar-refractivity contribution >= 4 is 5.97 Å². The molecular formula is C34H48F2O2. The van der Waals surface area contributed by atoms with Gasteiger partial charge in [0.2, 0.25) is 0 Å². The summed E-state index contributed by atoms with van der Waals surface area (Å²) in [7, 11) is 0. The van der Waals surface area contributed by atoms with Gasteiger partial charge >= 0.3 is 5.97 Å². The summed E-state index contributed by atoms with van der Waals surface area (Å²) in [4.78, 5) is 12.7. The van der Waals surface area contributed by atoms with Crippen molar-refractivity contribution < 1.29 is 18.3 Å². The molecule has 1 aromatic carbocycles. The average Bonchev–Trinajstić information content (AvgIpc) is 3.21. The van der Waals surface area contributed by atoms with E-state index in [1.54, 1.807) is 0 Å². The highest BCUT2D eigenvalue weighted by molar-refractivity contribution is 5.89. The lowest BCUT2D eigenvalue weighted by Crippen LogP contribution is -2.51. The van der Waals surface area contributed by atoms with E-state index in [0.29, 0.717) is 11.3 Å². The Hall–Kier alpha value is -1.71. The van der Waals surface area contributed by atoms with Crippen LogP contribution in [0.1, 0.15) is 116 Å². The number of halogens is 2. The number of esters is 1. The van der Waals surface area contributed by atoms with E-state index < -0.39 is 17.6 Å². The second kappa shape index (κ2) is 10.7. The predicted octanol–water partition coefficient (Wildman–Crippen LogP) is 9.53. The van der Waals surface area contributed by atoms with Crippen molar-refractivity contribution in [3.63, 3.8) is 0 Å². The first-order chi connectivity index (χ1) is 18.0. The maximum atomic E-state index is 14.1. The zero-order valence-corrected chi connectivity index (χ0v) is 24.2. The predicted molar refractivity (Wildman–Crippen MR) is 149 cm³/mol. The van der Waals surface area contributed by atoms with Crippen LogP contribution in [0.25, 0.3) is 0 Å². The molecule has 4 aliphatic rings. The summed E-state index contributed by atoms with van der Waals surface area (Å²) in [6.07, 6.45) is 15.5. The van der Waals surface area contributed by atoms with Crippen LogP contribution < -0.4 is 0 Å². The van der Waals surface area contributed by atoms with E-state index >= 15 is 0 Å². The maximum Gasteiger partial charge on any atom is 0.341 e. The van der Waals surface area contributed by atoms with Crippen LogP contribution in [-0.4, -0.2) is 12.1 Å². The minimum Gasteiger partial charge on any atom is -0.458 e. The minimum atomic E-state index is -0.857. The molecule has 0 bridgehead atoms. The Morgan fingerprint density at radius 1 is 1.03 bits per heavy atom. The Kier molecular flexibility index (Phi) is 7.84. The average molecular weight is 527 g/mol. The van der Waals surface area contributed by atoms with Gasteiger partial charge in [0.25, 0.3) is 0 Å². The lowest BCUT2D eigenvalue weighted by Gasteiger charge is -2.58. The second-order valence-electron chi connectivity index (χ2n) is 14.2. The molecule has 0 saturated heterocycles. The maximum absolute atomic E-state index is 14.1. The Balaban J connectivity index is 1.25. The van der Waals surface area contributed by atoms with E-state index in [9.17, 15) is 13.6 Å². The van der Waals surface area contributed by atoms with E-state index in [-0.39, 0.29) is 17.1 Å². The van der Waals surface area contributed by atoms with Crippen LogP contribution in [-0.2, 0) is 4.74 Å². The second-order valence-corrected chi connectivity index (χ2v) is 14.2. The molecule has 0 N–H and O–H groups in total. The molecule has 0 amide bonds. The normalized spacial score (nSPS) is 37.2. The molecule has 0 aliphatic heterocycles. The highest BCUT2D eigenvalue weighted by Crippen LogP contribution is 2.67. The van der Waals surface area contributed by atoms with Gasteiger partial charge in [-0.05, 0) is 103 Å². The van der Waals surface area contributed by atoms with Crippen molar-refractivity contribution in [1.82, 2.24) is 0 Å². The Morgan fingerprint density at radius 3 is 2.55 bits per heavy atom. The lowest BCUT2D eigenvalue weighted by atomic mass is 9.47. The molecule has 1 aromatic rings. The number of allylic oxidation sites excluding steroid dienone is 1. The Morgan fingerprint density at radius 2 is 1.82 bits per heavy atom. The van der Waals surface area contributed by atoms with Crippen molar-refractivity contribution in [2.24, 2.45) is 46.3 Å². The first-order valence-corrected chi connectivity index (χ1v) is 15.4. The SMILES string of the molecule is CC(C)CCC[C@@H](C)[C@H]1CC[C@H]2[C@@H]3CC=C4C[C@@H](OC(=O)c5ccc(F)cc5F)CC[C@]4(C)[C@H]3CC[C@]12C. The first kappa shape index (κ1) is 27.8. The number of benzene rings is 1. The number of hydrogen-bond donors (Lipinski definition) is 0. The van der Waals surface area contributed by atoms with Crippen molar-refractivity contribution in [2.75, 3.05) is 0 Å². The van der Waals surface area contributed by atoms with Gasteiger partial charge in [-0.2, -0.15) is 0 Å². The topological polar surface area (TPSA) is 26.3 Å². The van der Waals surface area contributed by atoms with E-state index in [1.165, 1.54) is 56.6 Å². The van der Waals surface area contributed by atoms with Gasteiger partial charge < -0.3 is 4.74 Å². The smallest absolute Gasteiger partial charge is 0.341 e. The highest BCUT2D eigenvalue weighted by atomic mass is 19.1. The van der Waals surface area contributed by atoms with Crippen LogP contribution in [0.15, 0.2) is 29.8 Å². The molecule has 4 aliphatic carbocycles. The number of fused-ring (bicyclic) bond motifs is 5. The molecule has 0 unspecified atom stereocenters. The van der Waals surface area contributed by atoms with Crippen LogP contribution >= 0.6 is 0 Å². The number of carbonyl (C=O) groups excluding carboxylic acids is 1. The summed E-state index contributed by atoms with van der Waals surface area (Å²) in [5, 5.41) is 0. The van der Waals surface area contributed by atoms with Crippen LogP contribution in [0.3, 0.4) is 0 Å². The third-order valence-corrected chi connectivity index (χ3v) is 11.7. The number of carbonyl (C=O) groups is 1. The molecule has 4 heteroatoms. The number of ether oxygens (including phenoxy) is 1. The third kappa shape index (κ3) is 4.99. The standard InChI is InChI=1S/C34H48F2O2/c1-21(2)7-6-8-22(3)28-13-14-29-26-11-9-23-19-25(38-32(37)27-12-10-24(35)20-31(27)36)15-17-33(23,4)30(26)16-18-34(28,29)5/h9-10,12,20-22,25-26,28-30H,6-8,11,13-19H2,1-5H3/t22-,25+,26+,28-,29+,30+,33+,34-/m1/s1. The van der Waals surface area contributed by atoms with Crippen LogP contribution in [0, 0.1) is 58.0 Å². The van der Waals surface area contributed by atoms with Gasteiger partial charge in [0.15, 0.2) is 0 Å². The van der Waals surface area contributed by atoms with Crippen LogP contribution in [0.5, 0.6) is 0 Å². The molecule has 38 heavy (non-hydrogen) atoms. The third-order valence-electron chi connectivity index (χ3n) is 11.7. The fourth-order valence-corrected chi connectivity index (χ4v) is 9.62. The molecule has 8 atom stereocenters. The van der Waals surface area contributed by atoms with E-state index in [1.807, 2.05) is 0 Å². The van der Waals surface area contributed by atoms with Gasteiger partial charge in [0.1, 0.15) is 17.7 Å². The van der Waals surface area contributed by atoms with Crippen molar-refractivity contribution in [2.45, 2.75) is 111 Å². The van der Waals surface area contributed by atoms with Gasteiger partial charge in [-0.1, -0.05) is 65.5 Å². The molecule has 0 aromatic heterocycles. The summed E-state index contributed by atoms with van der Waals surface area (Å²) in [5.41, 5.74) is 1.92. The first-order valence-electron chi connectivity index (χ1n) is 15.4. The van der Waals surface area contributed by atoms with Crippen LogP contribution in [0.2, 0.25) is 0 Å². The van der Waals surface area contributed by atoms with Gasteiger partial charge in [0.05, 0.1) is 5.56 Å². The number of hydrogen-bond acceptors (Lipinski definition) is 2. The number of rotatable bonds is 7. The molecule has 3 saturated carbocycles. The van der Waals surface area contributed by atoms with Crippen molar-refractivity contribution in [3.8, 4) is 0 Å². The zero-order valence-electron chi connectivity index (χ0n) is 24.2. The fourth-order valence-electron chi connectivity index (χ4n) is 9.62. The van der Waals surface area contributed by atoms with Crippen molar-refractivity contribution in [1.29, 1.82) is 0 Å². The van der Waals surface area contributed by atoms with Gasteiger partial charge in [-0.25, -0.2) is 13.6 Å². The summed E-state index contributed by atoms with van der Waals surface area (Å²) in [5.74, 6) is 2.56. The molecular weight excluding hydrogens is 478 g/mol. The Bertz CT molecular complexity index is 1060. The van der Waals surface area contributed by atoms with Gasteiger partial charge in [0, 0.05) is 12.5 Å². The largest absolute Gasteiger partial charge is 0.458 e. The lowest BCUT2D eigenvalue weighted by molar-refractivity contribution is -0.0595. The summed E-state index contributed by atoms with van der Waals surface area (Å²) in [6.45, 7) is 12.3. The molecule has 210 valence electrons. The quantitative estimate of drug-likeness (QED) is 0.261. The zero-order chi connectivity index (χ0) is 27.2. The minimum absolute atomic E-state index is 0.176. The molecule has 2 nitrogen and oxygen atoms in total.